The van der Waals surface area contributed by atoms with Crippen LogP contribution in [-0.2, 0) is 10.2 Å². The summed E-state index contributed by atoms with van der Waals surface area (Å²) in [5.74, 6) is -1.84. The first-order valence-corrected chi connectivity index (χ1v) is 8.63. The number of hydrogen-bond donors (Lipinski definition) is 3. The van der Waals surface area contributed by atoms with Crippen molar-refractivity contribution >= 4 is 23.5 Å². The maximum Gasteiger partial charge on any atom is 0.325 e. The predicted molar refractivity (Wildman–Crippen MR) is 104 cm³/mol. The Labute approximate surface area is 158 Å². The van der Waals surface area contributed by atoms with Crippen LogP contribution in [0.25, 0.3) is 0 Å². The first-order valence-electron chi connectivity index (χ1n) is 8.63. The van der Waals surface area contributed by atoms with Gasteiger partial charge in [0, 0.05) is 16.8 Å². The molecule has 0 radical (unpaired) electrons. The van der Waals surface area contributed by atoms with Crippen LogP contribution < -0.4 is 10.6 Å². The molecule has 0 aliphatic heterocycles. The monoisotopic (exact) mass is 368 g/mol. The molecule has 142 valence electrons. The number of nitrogens with one attached hydrogen (secondary N) is 2. The first-order chi connectivity index (χ1) is 12.6. The van der Waals surface area contributed by atoms with E-state index in [1.807, 2.05) is 12.1 Å². The molecule has 6 nitrogen and oxygen atoms in total. The van der Waals surface area contributed by atoms with Gasteiger partial charge in [-0.3, -0.25) is 14.4 Å². The number of aliphatic carboxylic acids is 1. The van der Waals surface area contributed by atoms with E-state index in [0.717, 1.165) is 5.56 Å². The number of anilines is 1. The Morgan fingerprint density at radius 1 is 0.852 bits per heavy atom. The van der Waals surface area contributed by atoms with Crippen LogP contribution in [0.15, 0.2) is 48.5 Å². The van der Waals surface area contributed by atoms with Crippen LogP contribution in [0.5, 0.6) is 0 Å². The molecule has 3 N–H and O–H groups in total. The maximum absolute atomic E-state index is 12.4. The molecule has 0 heterocycles. The quantitative estimate of drug-likeness (QED) is 0.753. The number of hydrogen-bond acceptors (Lipinski definition) is 3. The summed E-state index contributed by atoms with van der Waals surface area (Å²) in [6.07, 6.45) is 0. The highest BCUT2D eigenvalue weighted by atomic mass is 16.4. The minimum atomic E-state index is -1.11. The van der Waals surface area contributed by atoms with Crippen molar-refractivity contribution in [2.75, 3.05) is 5.32 Å². The number of carbonyl (C=O) groups excluding carboxylic acids is 2. The van der Waals surface area contributed by atoms with Gasteiger partial charge < -0.3 is 15.7 Å². The van der Waals surface area contributed by atoms with Crippen LogP contribution in [0, 0.1) is 0 Å². The molecule has 2 rings (SSSR count). The van der Waals surface area contributed by atoms with Gasteiger partial charge in [0.25, 0.3) is 11.8 Å². The second-order valence-electron chi connectivity index (χ2n) is 7.39. The number of carboxylic acids is 1. The lowest BCUT2D eigenvalue weighted by molar-refractivity contribution is -0.138. The van der Waals surface area contributed by atoms with Crippen molar-refractivity contribution in [2.45, 2.75) is 39.2 Å². The SMILES string of the molecule is CC(NC(=O)c1ccc(NC(=O)c2ccc(C(C)(C)C)cc2)cc1)C(=O)O. The summed E-state index contributed by atoms with van der Waals surface area (Å²) >= 11 is 0. The third kappa shape index (κ3) is 5.41. The summed E-state index contributed by atoms with van der Waals surface area (Å²) in [6.45, 7) is 7.71. The Hall–Kier alpha value is -3.15. The van der Waals surface area contributed by atoms with E-state index in [0.29, 0.717) is 16.8 Å². The zero-order chi connectivity index (χ0) is 20.2. The smallest absolute Gasteiger partial charge is 0.325 e. The van der Waals surface area contributed by atoms with Gasteiger partial charge in [-0.15, -0.1) is 0 Å². The van der Waals surface area contributed by atoms with E-state index in [9.17, 15) is 14.4 Å². The van der Waals surface area contributed by atoms with E-state index < -0.39 is 17.9 Å². The van der Waals surface area contributed by atoms with Crippen molar-refractivity contribution in [2.24, 2.45) is 0 Å². The molecule has 1 atom stereocenters. The minimum absolute atomic E-state index is 0.0174. The molecule has 2 aromatic rings. The molecule has 27 heavy (non-hydrogen) atoms. The molecule has 0 spiro atoms. The molecular formula is C21H24N2O4. The van der Waals surface area contributed by atoms with E-state index in [2.05, 4.69) is 31.4 Å². The Balaban J connectivity index is 2.02. The first kappa shape index (κ1) is 20.2. The largest absolute Gasteiger partial charge is 0.480 e. The Morgan fingerprint density at radius 2 is 1.33 bits per heavy atom. The van der Waals surface area contributed by atoms with Crippen LogP contribution in [0.2, 0.25) is 0 Å². The molecular weight excluding hydrogens is 344 g/mol. The Morgan fingerprint density at radius 3 is 1.81 bits per heavy atom. The standard InChI is InChI=1S/C21H24N2O4/c1-13(20(26)27)22-18(24)15-7-11-17(12-8-15)23-19(25)14-5-9-16(10-6-14)21(2,3)4/h5-13H,1-4H3,(H,22,24)(H,23,25)(H,26,27). The number of benzene rings is 2. The average molecular weight is 368 g/mol. The molecule has 0 fully saturated rings. The lowest BCUT2D eigenvalue weighted by atomic mass is 9.87. The summed E-state index contributed by atoms with van der Waals surface area (Å²) < 4.78 is 0. The van der Waals surface area contributed by atoms with Gasteiger partial charge in [-0.2, -0.15) is 0 Å². The molecule has 2 amide bonds. The fraction of sp³-hybridized carbons (Fsp3) is 0.286. The normalized spacial score (nSPS) is 12.1. The van der Waals surface area contributed by atoms with Gasteiger partial charge in [0.1, 0.15) is 6.04 Å². The fourth-order valence-corrected chi connectivity index (χ4v) is 2.37. The molecule has 1 unspecified atom stereocenters. The second kappa shape index (κ2) is 8.03. The van der Waals surface area contributed by atoms with Gasteiger partial charge in [0.15, 0.2) is 0 Å². The summed E-state index contributed by atoms with van der Waals surface area (Å²) in [5, 5.41) is 14.0. The fourth-order valence-electron chi connectivity index (χ4n) is 2.37. The zero-order valence-electron chi connectivity index (χ0n) is 15.9. The molecule has 0 bridgehead atoms. The molecule has 0 aliphatic rings. The molecule has 0 saturated carbocycles. The van der Waals surface area contributed by atoms with Crippen molar-refractivity contribution in [3.05, 3.63) is 65.2 Å². The Kier molecular flexibility index (Phi) is 6.00. The second-order valence-corrected chi connectivity index (χ2v) is 7.39. The van der Waals surface area contributed by atoms with Gasteiger partial charge in [-0.25, -0.2) is 0 Å². The molecule has 2 aromatic carbocycles. The Bertz CT molecular complexity index is 834. The van der Waals surface area contributed by atoms with Crippen molar-refractivity contribution < 1.29 is 19.5 Å². The van der Waals surface area contributed by atoms with E-state index >= 15 is 0 Å². The average Bonchev–Trinajstić information content (AvgIpc) is 2.61. The molecule has 0 aliphatic carbocycles. The summed E-state index contributed by atoms with van der Waals surface area (Å²) in [7, 11) is 0. The van der Waals surface area contributed by atoms with E-state index in [4.69, 9.17) is 5.11 Å². The van der Waals surface area contributed by atoms with Gasteiger partial charge in [-0.1, -0.05) is 32.9 Å². The predicted octanol–water partition coefficient (Wildman–Crippen LogP) is 3.44. The van der Waals surface area contributed by atoms with Gasteiger partial charge in [0.05, 0.1) is 0 Å². The van der Waals surface area contributed by atoms with Crippen molar-refractivity contribution in [1.82, 2.24) is 5.32 Å². The van der Waals surface area contributed by atoms with Crippen LogP contribution in [0.4, 0.5) is 5.69 Å². The third-order valence-electron chi connectivity index (χ3n) is 4.14. The van der Waals surface area contributed by atoms with Crippen LogP contribution in [0.3, 0.4) is 0 Å². The van der Waals surface area contributed by atoms with Crippen LogP contribution >= 0.6 is 0 Å². The van der Waals surface area contributed by atoms with E-state index in [1.54, 1.807) is 24.3 Å². The third-order valence-corrected chi connectivity index (χ3v) is 4.14. The lowest BCUT2D eigenvalue weighted by Crippen LogP contribution is -2.38. The van der Waals surface area contributed by atoms with Gasteiger partial charge in [0.2, 0.25) is 0 Å². The van der Waals surface area contributed by atoms with Gasteiger partial charge >= 0.3 is 5.97 Å². The van der Waals surface area contributed by atoms with E-state index in [-0.39, 0.29) is 11.3 Å². The molecule has 0 saturated heterocycles. The highest BCUT2D eigenvalue weighted by Crippen LogP contribution is 2.22. The molecule has 0 aromatic heterocycles. The lowest BCUT2D eigenvalue weighted by Gasteiger charge is -2.19. The topological polar surface area (TPSA) is 95.5 Å². The number of carboxylic acid groups (broad SMARTS) is 1. The summed E-state index contributed by atoms with van der Waals surface area (Å²) in [4.78, 5) is 35.1. The van der Waals surface area contributed by atoms with Crippen molar-refractivity contribution in [3.63, 3.8) is 0 Å². The highest BCUT2D eigenvalue weighted by molar-refractivity contribution is 6.04. The summed E-state index contributed by atoms with van der Waals surface area (Å²) in [5.41, 5.74) is 2.56. The number of rotatable bonds is 5. The number of carbonyl (C=O) groups is 3. The molecule has 6 heteroatoms. The number of amides is 2. The van der Waals surface area contributed by atoms with Crippen molar-refractivity contribution in [3.8, 4) is 0 Å². The van der Waals surface area contributed by atoms with E-state index in [1.165, 1.54) is 19.1 Å². The summed E-state index contributed by atoms with van der Waals surface area (Å²) in [6, 6.07) is 12.7. The maximum atomic E-state index is 12.4. The van der Waals surface area contributed by atoms with Crippen LogP contribution in [0.1, 0.15) is 54.0 Å². The zero-order valence-corrected chi connectivity index (χ0v) is 15.9. The minimum Gasteiger partial charge on any atom is -0.480 e. The van der Waals surface area contributed by atoms with Crippen LogP contribution in [-0.4, -0.2) is 28.9 Å². The van der Waals surface area contributed by atoms with Crippen molar-refractivity contribution in [1.29, 1.82) is 0 Å². The van der Waals surface area contributed by atoms with Gasteiger partial charge in [-0.05, 0) is 54.3 Å². The highest BCUT2D eigenvalue weighted by Gasteiger charge is 2.16.